The van der Waals surface area contributed by atoms with Gasteiger partial charge in [-0.2, -0.15) is 0 Å². The van der Waals surface area contributed by atoms with Crippen molar-refractivity contribution in [3.8, 4) is 11.5 Å². The molecule has 0 fully saturated rings. The molecule has 0 atom stereocenters. The number of benzene rings is 1. The van der Waals surface area contributed by atoms with E-state index in [0.29, 0.717) is 37.4 Å². The van der Waals surface area contributed by atoms with Crippen molar-refractivity contribution >= 4 is 23.2 Å². The fourth-order valence-electron chi connectivity index (χ4n) is 3.54. The van der Waals surface area contributed by atoms with E-state index in [0.717, 1.165) is 10.4 Å². The SMILES string of the molecule is COc1ccc(CCN(Cc2cccs2)C(=O)CN(C(=O)CC(C)(C)C)C(C)C)cc1OC. The third kappa shape index (κ3) is 8.39. The Morgan fingerprint density at radius 3 is 2.27 bits per heavy atom. The lowest BCUT2D eigenvalue weighted by molar-refractivity contribution is -0.143. The number of thiophene rings is 1. The molecule has 2 amide bonds. The number of hydrogen-bond donors (Lipinski definition) is 0. The van der Waals surface area contributed by atoms with Gasteiger partial charge in [0, 0.05) is 23.9 Å². The van der Waals surface area contributed by atoms with Gasteiger partial charge in [0.05, 0.1) is 27.3 Å². The lowest BCUT2D eigenvalue weighted by Gasteiger charge is -2.32. The highest BCUT2D eigenvalue weighted by Gasteiger charge is 2.27. The van der Waals surface area contributed by atoms with Crippen LogP contribution in [0.25, 0.3) is 0 Å². The van der Waals surface area contributed by atoms with Crippen LogP contribution in [-0.2, 0) is 22.6 Å². The molecule has 7 heteroatoms. The fraction of sp³-hybridized carbons (Fsp3) is 0.538. The Kier molecular flexibility index (Phi) is 9.77. The molecule has 0 aliphatic heterocycles. The van der Waals surface area contributed by atoms with Gasteiger partial charge in [0.15, 0.2) is 11.5 Å². The first-order valence-electron chi connectivity index (χ1n) is 11.3. The number of methoxy groups -OCH3 is 2. The van der Waals surface area contributed by atoms with E-state index < -0.39 is 0 Å². The Morgan fingerprint density at radius 2 is 1.73 bits per heavy atom. The highest BCUT2D eigenvalue weighted by atomic mass is 32.1. The predicted molar refractivity (Wildman–Crippen MR) is 134 cm³/mol. The molecule has 0 spiro atoms. The number of nitrogens with zero attached hydrogens (tertiary/aromatic N) is 2. The number of ether oxygens (including phenoxy) is 2. The van der Waals surface area contributed by atoms with Crippen molar-refractivity contribution in [2.45, 2.75) is 60.0 Å². The van der Waals surface area contributed by atoms with E-state index in [1.807, 2.05) is 75.2 Å². The average Bonchev–Trinajstić information content (AvgIpc) is 3.26. The number of amides is 2. The monoisotopic (exact) mass is 474 g/mol. The molecule has 0 bridgehead atoms. The van der Waals surface area contributed by atoms with E-state index in [2.05, 4.69) is 0 Å². The maximum absolute atomic E-state index is 13.4. The predicted octanol–water partition coefficient (Wildman–Crippen LogP) is 5.01. The van der Waals surface area contributed by atoms with Gasteiger partial charge in [0.25, 0.3) is 0 Å². The van der Waals surface area contributed by atoms with Gasteiger partial charge in [-0.15, -0.1) is 11.3 Å². The third-order valence-corrected chi connectivity index (χ3v) is 6.19. The molecule has 182 valence electrons. The summed E-state index contributed by atoms with van der Waals surface area (Å²) in [5.74, 6) is 1.32. The van der Waals surface area contributed by atoms with Crippen LogP contribution in [0.2, 0.25) is 0 Å². The third-order valence-electron chi connectivity index (χ3n) is 5.33. The van der Waals surface area contributed by atoms with Crippen molar-refractivity contribution < 1.29 is 19.1 Å². The van der Waals surface area contributed by atoms with Crippen molar-refractivity contribution in [2.75, 3.05) is 27.3 Å². The summed E-state index contributed by atoms with van der Waals surface area (Å²) in [7, 11) is 3.23. The van der Waals surface area contributed by atoms with Crippen LogP contribution in [0.1, 0.15) is 51.5 Å². The van der Waals surface area contributed by atoms with Gasteiger partial charge in [0.2, 0.25) is 11.8 Å². The van der Waals surface area contributed by atoms with Crippen LogP contribution in [0.15, 0.2) is 35.7 Å². The molecule has 1 aromatic heterocycles. The first-order valence-corrected chi connectivity index (χ1v) is 12.2. The van der Waals surface area contributed by atoms with Gasteiger partial charge in [-0.1, -0.05) is 32.9 Å². The summed E-state index contributed by atoms with van der Waals surface area (Å²) in [6.07, 6.45) is 1.09. The summed E-state index contributed by atoms with van der Waals surface area (Å²) in [5.41, 5.74) is 0.929. The maximum Gasteiger partial charge on any atom is 0.242 e. The van der Waals surface area contributed by atoms with Gasteiger partial charge in [0.1, 0.15) is 0 Å². The summed E-state index contributed by atoms with van der Waals surface area (Å²) >= 11 is 1.63. The van der Waals surface area contributed by atoms with Crippen molar-refractivity contribution in [3.05, 3.63) is 46.2 Å². The number of hydrogen-bond acceptors (Lipinski definition) is 5. The van der Waals surface area contributed by atoms with E-state index in [1.165, 1.54) is 0 Å². The Balaban J connectivity index is 2.16. The molecule has 0 saturated heterocycles. The van der Waals surface area contributed by atoms with E-state index in [1.54, 1.807) is 30.5 Å². The van der Waals surface area contributed by atoms with Crippen LogP contribution in [0, 0.1) is 5.41 Å². The van der Waals surface area contributed by atoms with Crippen molar-refractivity contribution in [1.82, 2.24) is 9.80 Å². The van der Waals surface area contributed by atoms with Gasteiger partial charge >= 0.3 is 0 Å². The zero-order valence-corrected chi connectivity index (χ0v) is 21.8. The zero-order chi connectivity index (χ0) is 24.6. The van der Waals surface area contributed by atoms with Crippen LogP contribution in [-0.4, -0.2) is 55.0 Å². The first kappa shape index (κ1) is 26.7. The lowest BCUT2D eigenvalue weighted by Crippen LogP contribution is -2.46. The van der Waals surface area contributed by atoms with Crippen LogP contribution in [0.5, 0.6) is 11.5 Å². The molecule has 1 aromatic carbocycles. The molecule has 2 aromatic rings. The molecule has 6 nitrogen and oxygen atoms in total. The minimum absolute atomic E-state index is 0.0156. The topological polar surface area (TPSA) is 59.1 Å². The second kappa shape index (κ2) is 12.1. The van der Waals surface area contributed by atoms with Crippen LogP contribution in [0.3, 0.4) is 0 Å². The van der Waals surface area contributed by atoms with Crippen LogP contribution >= 0.6 is 11.3 Å². The molecular formula is C26H38N2O4S. The highest BCUT2D eigenvalue weighted by molar-refractivity contribution is 7.09. The maximum atomic E-state index is 13.4. The quantitative estimate of drug-likeness (QED) is 0.459. The molecule has 0 unspecified atom stereocenters. The standard InChI is InChI=1S/C26H38N2O4S/c1-19(2)28(24(29)16-26(3,4)5)18-25(30)27(17-21-9-8-14-33-21)13-12-20-10-11-22(31-6)23(15-20)32-7/h8-11,14-15,19H,12-13,16-18H2,1-7H3. The number of carbonyl (C=O) groups is 2. The summed E-state index contributed by atoms with van der Waals surface area (Å²) in [4.78, 5) is 31.0. The zero-order valence-electron chi connectivity index (χ0n) is 21.0. The van der Waals surface area contributed by atoms with Gasteiger partial charge < -0.3 is 19.3 Å². The van der Waals surface area contributed by atoms with Crippen molar-refractivity contribution in [3.63, 3.8) is 0 Å². The summed E-state index contributed by atoms with van der Waals surface area (Å²) in [6, 6.07) is 9.79. The van der Waals surface area contributed by atoms with E-state index in [-0.39, 0.29) is 29.8 Å². The second-order valence-electron chi connectivity index (χ2n) is 9.69. The molecule has 33 heavy (non-hydrogen) atoms. The highest BCUT2D eigenvalue weighted by Crippen LogP contribution is 2.28. The minimum Gasteiger partial charge on any atom is -0.493 e. The van der Waals surface area contributed by atoms with Gasteiger partial charge in [-0.3, -0.25) is 9.59 Å². The van der Waals surface area contributed by atoms with E-state index in [9.17, 15) is 9.59 Å². The molecule has 0 N–H and O–H groups in total. The lowest BCUT2D eigenvalue weighted by atomic mass is 9.91. The van der Waals surface area contributed by atoms with Gasteiger partial charge in [-0.25, -0.2) is 0 Å². The molecular weight excluding hydrogens is 436 g/mol. The molecule has 0 aliphatic carbocycles. The molecule has 0 radical (unpaired) electrons. The molecule has 2 rings (SSSR count). The van der Waals surface area contributed by atoms with Gasteiger partial charge in [-0.05, 0) is 54.8 Å². The molecule has 0 saturated carbocycles. The summed E-state index contributed by atoms with van der Waals surface area (Å²) in [5, 5.41) is 2.01. The van der Waals surface area contributed by atoms with E-state index >= 15 is 0 Å². The largest absolute Gasteiger partial charge is 0.493 e. The Labute approximate surface area is 202 Å². The Bertz CT molecular complexity index is 904. The van der Waals surface area contributed by atoms with Crippen LogP contribution < -0.4 is 9.47 Å². The first-order chi connectivity index (χ1) is 15.5. The smallest absolute Gasteiger partial charge is 0.242 e. The summed E-state index contributed by atoms with van der Waals surface area (Å²) < 4.78 is 10.7. The minimum atomic E-state index is -0.128. The van der Waals surface area contributed by atoms with Crippen molar-refractivity contribution in [2.24, 2.45) is 5.41 Å². The number of rotatable bonds is 11. The Hall–Kier alpha value is -2.54. The average molecular weight is 475 g/mol. The van der Waals surface area contributed by atoms with Crippen LogP contribution in [0.4, 0.5) is 0 Å². The number of carbonyl (C=O) groups excluding carboxylic acids is 2. The molecule has 1 heterocycles. The molecule has 0 aliphatic rings. The normalized spacial score (nSPS) is 11.4. The van der Waals surface area contributed by atoms with Crippen molar-refractivity contribution in [1.29, 1.82) is 0 Å². The summed E-state index contributed by atoms with van der Waals surface area (Å²) in [6.45, 7) is 11.2. The second-order valence-corrected chi connectivity index (χ2v) is 10.7. The fourth-order valence-corrected chi connectivity index (χ4v) is 4.26. The Morgan fingerprint density at radius 1 is 1.03 bits per heavy atom. The van der Waals surface area contributed by atoms with E-state index in [4.69, 9.17) is 9.47 Å².